The Bertz CT molecular complexity index is 434. The van der Waals surface area contributed by atoms with Crippen LogP contribution in [0.2, 0.25) is 0 Å². The number of hydrogen-bond acceptors (Lipinski definition) is 3. The van der Waals surface area contributed by atoms with Gasteiger partial charge in [-0.2, -0.15) is 0 Å². The molecular formula is C14H16F2O3. The van der Waals surface area contributed by atoms with Crippen LogP contribution in [-0.4, -0.2) is 25.1 Å². The van der Waals surface area contributed by atoms with Crippen molar-refractivity contribution in [3.05, 3.63) is 35.9 Å². The van der Waals surface area contributed by atoms with Crippen LogP contribution in [-0.2, 0) is 20.9 Å². The number of halogens is 2. The average Bonchev–Trinajstić information content (AvgIpc) is 2.89. The quantitative estimate of drug-likeness (QED) is 0.745. The van der Waals surface area contributed by atoms with Crippen molar-refractivity contribution in [3.63, 3.8) is 0 Å². The molecule has 0 bridgehead atoms. The van der Waals surface area contributed by atoms with Crippen LogP contribution in [0, 0.1) is 11.8 Å². The van der Waals surface area contributed by atoms with Crippen molar-refractivity contribution in [2.75, 3.05) is 13.2 Å². The lowest BCUT2D eigenvalue weighted by Crippen LogP contribution is -2.06. The second-order valence-corrected chi connectivity index (χ2v) is 4.69. The SMILES string of the molecule is CC(=O)OCC1C(COCc2ccccc2)C1(F)F. The van der Waals surface area contributed by atoms with E-state index in [0.29, 0.717) is 6.61 Å². The summed E-state index contributed by atoms with van der Waals surface area (Å²) in [4.78, 5) is 10.6. The van der Waals surface area contributed by atoms with Crippen molar-refractivity contribution in [1.29, 1.82) is 0 Å². The van der Waals surface area contributed by atoms with Gasteiger partial charge in [-0.1, -0.05) is 30.3 Å². The van der Waals surface area contributed by atoms with Crippen LogP contribution in [0.1, 0.15) is 12.5 Å². The van der Waals surface area contributed by atoms with Gasteiger partial charge in [-0.25, -0.2) is 8.78 Å². The lowest BCUT2D eigenvalue weighted by molar-refractivity contribution is -0.142. The molecule has 5 heteroatoms. The van der Waals surface area contributed by atoms with E-state index in [9.17, 15) is 13.6 Å². The van der Waals surface area contributed by atoms with Gasteiger partial charge in [0.1, 0.15) is 6.61 Å². The van der Waals surface area contributed by atoms with Crippen LogP contribution < -0.4 is 0 Å². The van der Waals surface area contributed by atoms with E-state index in [2.05, 4.69) is 4.74 Å². The van der Waals surface area contributed by atoms with E-state index >= 15 is 0 Å². The van der Waals surface area contributed by atoms with Crippen LogP contribution in [0.15, 0.2) is 30.3 Å². The minimum Gasteiger partial charge on any atom is -0.465 e. The largest absolute Gasteiger partial charge is 0.465 e. The molecule has 19 heavy (non-hydrogen) atoms. The maximum atomic E-state index is 13.4. The molecular weight excluding hydrogens is 254 g/mol. The molecule has 1 aliphatic carbocycles. The Morgan fingerprint density at radius 2 is 1.84 bits per heavy atom. The van der Waals surface area contributed by atoms with Crippen LogP contribution in [0.3, 0.4) is 0 Å². The number of carbonyl (C=O) groups is 1. The zero-order chi connectivity index (χ0) is 13.9. The molecule has 2 rings (SSSR count). The van der Waals surface area contributed by atoms with E-state index < -0.39 is 23.7 Å². The standard InChI is InChI=1S/C14H16F2O3/c1-10(17)19-9-13-12(14(13,15)16)8-18-7-11-5-3-2-4-6-11/h2-6,12-13H,7-9H2,1H3. The van der Waals surface area contributed by atoms with Gasteiger partial charge in [-0.15, -0.1) is 0 Å². The summed E-state index contributed by atoms with van der Waals surface area (Å²) < 4.78 is 36.6. The Morgan fingerprint density at radius 1 is 1.21 bits per heavy atom. The average molecular weight is 270 g/mol. The topological polar surface area (TPSA) is 35.5 Å². The van der Waals surface area contributed by atoms with E-state index in [0.717, 1.165) is 5.56 Å². The molecule has 0 radical (unpaired) electrons. The fourth-order valence-electron chi connectivity index (χ4n) is 2.00. The summed E-state index contributed by atoms with van der Waals surface area (Å²) in [6, 6.07) is 9.37. The first-order valence-corrected chi connectivity index (χ1v) is 6.14. The first-order valence-electron chi connectivity index (χ1n) is 6.14. The van der Waals surface area contributed by atoms with E-state index in [1.807, 2.05) is 30.3 Å². The molecule has 1 aromatic carbocycles. The highest BCUT2D eigenvalue weighted by Gasteiger charge is 2.68. The van der Waals surface area contributed by atoms with E-state index in [1.165, 1.54) is 6.92 Å². The van der Waals surface area contributed by atoms with Gasteiger partial charge in [0.15, 0.2) is 0 Å². The molecule has 1 aromatic rings. The van der Waals surface area contributed by atoms with Crippen LogP contribution in [0.25, 0.3) is 0 Å². The number of carbonyl (C=O) groups excluding carboxylic acids is 1. The normalized spacial score (nSPS) is 23.9. The van der Waals surface area contributed by atoms with Crippen molar-refractivity contribution >= 4 is 5.97 Å². The Balaban J connectivity index is 1.73. The first kappa shape index (κ1) is 13.9. The number of alkyl halides is 2. The third-order valence-electron chi connectivity index (χ3n) is 3.24. The predicted molar refractivity (Wildman–Crippen MR) is 64.7 cm³/mol. The second kappa shape index (κ2) is 5.65. The summed E-state index contributed by atoms with van der Waals surface area (Å²) in [7, 11) is 0. The molecule has 1 fully saturated rings. The third kappa shape index (κ3) is 3.50. The molecule has 104 valence electrons. The summed E-state index contributed by atoms with van der Waals surface area (Å²) in [6.07, 6.45) is 0. The molecule has 0 aliphatic heterocycles. The molecule has 0 heterocycles. The van der Waals surface area contributed by atoms with E-state index in [1.54, 1.807) is 0 Å². The molecule has 3 nitrogen and oxygen atoms in total. The molecule has 0 aromatic heterocycles. The zero-order valence-electron chi connectivity index (χ0n) is 10.6. The lowest BCUT2D eigenvalue weighted by Gasteiger charge is -2.03. The van der Waals surface area contributed by atoms with Gasteiger partial charge >= 0.3 is 5.97 Å². The fourth-order valence-corrected chi connectivity index (χ4v) is 2.00. The van der Waals surface area contributed by atoms with Gasteiger partial charge in [0.25, 0.3) is 5.92 Å². The molecule has 1 saturated carbocycles. The highest BCUT2D eigenvalue weighted by molar-refractivity contribution is 5.65. The van der Waals surface area contributed by atoms with Crippen molar-refractivity contribution in [2.45, 2.75) is 19.5 Å². The Morgan fingerprint density at radius 3 is 2.47 bits per heavy atom. The number of ether oxygens (including phenoxy) is 2. The van der Waals surface area contributed by atoms with Gasteiger partial charge in [0, 0.05) is 6.92 Å². The fraction of sp³-hybridized carbons (Fsp3) is 0.500. The van der Waals surface area contributed by atoms with Gasteiger partial charge in [-0.05, 0) is 5.56 Å². The summed E-state index contributed by atoms with van der Waals surface area (Å²) in [5.74, 6) is -5.08. The van der Waals surface area contributed by atoms with E-state index in [4.69, 9.17) is 4.74 Å². The Hall–Kier alpha value is -1.49. The molecule has 0 saturated heterocycles. The van der Waals surface area contributed by atoms with E-state index in [-0.39, 0.29) is 13.2 Å². The van der Waals surface area contributed by atoms with Gasteiger partial charge in [0.05, 0.1) is 25.0 Å². The molecule has 0 N–H and O–H groups in total. The second-order valence-electron chi connectivity index (χ2n) is 4.69. The maximum Gasteiger partial charge on any atom is 0.302 e. The molecule has 2 unspecified atom stereocenters. The summed E-state index contributed by atoms with van der Waals surface area (Å²) in [6.45, 7) is 1.27. The lowest BCUT2D eigenvalue weighted by atomic mass is 10.2. The van der Waals surface area contributed by atoms with Crippen LogP contribution >= 0.6 is 0 Å². The van der Waals surface area contributed by atoms with Crippen molar-refractivity contribution in [2.24, 2.45) is 11.8 Å². The summed E-state index contributed by atoms with van der Waals surface area (Å²) in [5, 5.41) is 0. The number of rotatable bonds is 6. The Kier molecular flexibility index (Phi) is 4.14. The Labute approximate surface area is 110 Å². The maximum absolute atomic E-state index is 13.4. The van der Waals surface area contributed by atoms with Crippen molar-refractivity contribution < 1.29 is 23.0 Å². The predicted octanol–water partition coefficient (Wildman–Crippen LogP) is 2.65. The van der Waals surface area contributed by atoms with Crippen molar-refractivity contribution in [3.8, 4) is 0 Å². The highest BCUT2D eigenvalue weighted by Crippen LogP contribution is 2.55. The minimum atomic E-state index is -2.79. The van der Waals surface area contributed by atoms with Crippen LogP contribution in [0.5, 0.6) is 0 Å². The van der Waals surface area contributed by atoms with Gasteiger partial charge in [0.2, 0.25) is 0 Å². The zero-order valence-corrected chi connectivity index (χ0v) is 10.6. The molecule has 2 atom stereocenters. The smallest absolute Gasteiger partial charge is 0.302 e. The minimum absolute atomic E-state index is 0.0200. The van der Waals surface area contributed by atoms with Gasteiger partial charge in [-0.3, -0.25) is 4.79 Å². The highest BCUT2D eigenvalue weighted by atomic mass is 19.3. The first-order chi connectivity index (χ1) is 9.01. The number of hydrogen-bond donors (Lipinski definition) is 0. The van der Waals surface area contributed by atoms with Crippen molar-refractivity contribution in [1.82, 2.24) is 0 Å². The third-order valence-corrected chi connectivity index (χ3v) is 3.24. The monoisotopic (exact) mass is 270 g/mol. The molecule has 0 spiro atoms. The molecule has 1 aliphatic rings. The van der Waals surface area contributed by atoms with Crippen LogP contribution in [0.4, 0.5) is 8.78 Å². The van der Waals surface area contributed by atoms with Gasteiger partial charge < -0.3 is 9.47 Å². The summed E-state index contributed by atoms with van der Waals surface area (Å²) >= 11 is 0. The number of benzene rings is 1. The molecule has 0 amide bonds. The number of esters is 1. The summed E-state index contributed by atoms with van der Waals surface area (Å²) in [5.41, 5.74) is 0.947.